The second-order valence-electron chi connectivity index (χ2n) is 6.36. The highest BCUT2D eigenvalue weighted by molar-refractivity contribution is 14.0. The quantitative estimate of drug-likeness (QED) is 0.280. The van der Waals surface area contributed by atoms with E-state index in [9.17, 15) is 9.59 Å². The van der Waals surface area contributed by atoms with Crippen LogP contribution in [0.15, 0.2) is 47.5 Å². The molecular formula is C21H25IN4O2. The Balaban J connectivity index is 0.00000280. The van der Waals surface area contributed by atoms with Gasteiger partial charge in [-0.05, 0) is 36.1 Å². The van der Waals surface area contributed by atoms with E-state index in [2.05, 4.69) is 36.3 Å². The van der Waals surface area contributed by atoms with Gasteiger partial charge in [0.15, 0.2) is 5.96 Å². The Labute approximate surface area is 182 Å². The van der Waals surface area contributed by atoms with E-state index < -0.39 is 0 Å². The van der Waals surface area contributed by atoms with E-state index in [0.717, 1.165) is 18.5 Å². The van der Waals surface area contributed by atoms with Crippen molar-refractivity contribution in [1.29, 1.82) is 0 Å². The first kappa shape index (κ1) is 21.9. The number of nitrogens with zero attached hydrogens (tertiary/aromatic N) is 2. The van der Waals surface area contributed by atoms with Crippen molar-refractivity contribution in [3.05, 3.63) is 64.7 Å². The number of guanidine groups is 1. The van der Waals surface area contributed by atoms with Crippen LogP contribution in [0.2, 0.25) is 0 Å². The van der Waals surface area contributed by atoms with Gasteiger partial charge < -0.3 is 11.1 Å². The first-order valence-corrected chi connectivity index (χ1v) is 9.19. The highest BCUT2D eigenvalue weighted by atomic mass is 127. The molecule has 0 aliphatic carbocycles. The van der Waals surface area contributed by atoms with Crippen LogP contribution in [-0.4, -0.2) is 35.8 Å². The molecule has 0 bridgehead atoms. The minimum Gasteiger partial charge on any atom is -0.370 e. The molecule has 0 fully saturated rings. The van der Waals surface area contributed by atoms with Gasteiger partial charge in [-0.1, -0.05) is 44.2 Å². The SMILES string of the molecule is CCc1cccc(CC)c1NC(N)=NCCN1C(=O)c2ccccc2C1=O.I. The molecular weight excluding hydrogens is 467 g/mol. The molecule has 0 radical (unpaired) electrons. The number of carbonyl (C=O) groups is 2. The molecule has 7 heteroatoms. The summed E-state index contributed by atoms with van der Waals surface area (Å²) in [7, 11) is 0. The fourth-order valence-corrected chi connectivity index (χ4v) is 3.28. The monoisotopic (exact) mass is 492 g/mol. The molecule has 2 aromatic carbocycles. The maximum atomic E-state index is 12.4. The number of para-hydroxylation sites is 1. The van der Waals surface area contributed by atoms with E-state index >= 15 is 0 Å². The molecule has 2 amide bonds. The average molecular weight is 492 g/mol. The lowest BCUT2D eigenvalue weighted by Crippen LogP contribution is -2.33. The molecule has 28 heavy (non-hydrogen) atoms. The number of anilines is 1. The molecule has 0 saturated heterocycles. The Kier molecular flexibility index (Phi) is 7.56. The van der Waals surface area contributed by atoms with Crippen molar-refractivity contribution in [2.45, 2.75) is 26.7 Å². The smallest absolute Gasteiger partial charge is 0.261 e. The van der Waals surface area contributed by atoms with Crippen LogP contribution in [0.4, 0.5) is 5.69 Å². The first-order valence-electron chi connectivity index (χ1n) is 9.19. The minimum atomic E-state index is -0.276. The Bertz CT molecular complexity index is 854. The fourth-order valence-electron chi connectivity index (χ4n) is 3.28. The topological polar surface area (TPSA) is 87.8 Å². The fraction of sp³-hybridized carbons (Fsp3) is 0.286. The van der Waals surface area contributed by atoms with Crippen LogP contribution in [0.3, 0.4) is 0 Å². The van der Waals surface area contributed by atoms with Crippen molar-refractivity contribution in [3.8, 4) is 0 Å². The zero-order valence-electron chi connectivity index (χ0n) is 16.1. The van der Waals surface area contributed by atoms with Gasteiger partial charge in [-0.2, -0.15) is 0 Å². The second kappa shape index (κ2) is 9.68. The van der Waals surface area contributed by atoms with Gasteiger partial charge in [0.25, 0.3) is 11.8 Å². The van der Waals surface area contributed by atoms with E-state index in [-0.39, 0.29) is 54.8 Å². The largest absolute Gasteiger partial charge is 0.370 e. The maximum Gasteiger partial charge on any atom is 0.261 e. The molecule has 2 aromatic rings. The second-order valence-corrected chi connectivity index (χ2v) is 6.36. The average Bonchev–Trinajstić information content (AvgIpc) is 2.93. The van der Waals surface area contributed by atoms with E-state index in [0.29, 0.717) is 11.1 Å². The predicted octanol–water partition coefficient (Wildman–Crippen LogP) is 3.45. The Morgan fingerprint density at radius 3 is 2.00 bits per heavy atom. The summed E-state index contributed by atoms with van der Waals surface area (Å²) >= 11 is 0. The van der Waals surface area contributed by atoms with E-state index in [1.54, 1.807) is 24.3 Å². The maximum absolute atomic E-state index is 12.4. The van der Waals surface area contributed by atoms with Crippen LogP contribution in [0.1, 0.15) is 45.7 Å². The van der Waals surface area contributed by atoms with E-state index in [1.165, 1.54) is 16.0 Å². The van der Waals surface area contributed by atoms with Crippen LogP contribution in [0.5, 0.6) is 0 Å². The number of amides is 2. The Morgan fingerprint density at radius 1 is 0.964 bits per heavy atom. The molecule has 0 spiro atoms. The zero-order chi connectivity index (χ0) is 19.4. The van der Waals surface area contributed by atoms with Gasteiger partial charge in [0.2, 0.25) is 0 Å². The normalized spacial score (nSPS) is 13.4. The van der Waals surface area contributed by atoms with Crippen LogP contribution >= 0.6 is 24.0 Å². The zero-order valence-corrected chi connectivity index (χ0v) is 18.4. The standard InChI is InChI=1S/C21H24N4O2.HI/c1-3-14-8-7-9-15(4-2)18(14)24-21(22)23-12-13-25-19(26)16-10-5-6-11-17(16)20(25)27;/h5-11H,3-4,12-13H2,1-2H3,(H3,22,23,24);1H. The molecule has 3 N–H and O–H groups in total. The van der Waals surface area contributed by atoms with Crippen LogP contribution < -0.4 is 11.1 Å². The van der Waals surface area contributed by atoms with Gasteiger partial charge in [-0.3, -0.25) is 19.5 Å². The number of carbonyl (C=O) groups excluding carboxylic acids is 2. The summed E-state index contributed by atoms with van der Waals surface area (Å²) in [4.78, 5) is 30.2. The summed E-state index contributed by atoms with van der Waals surface area (Å²) in [6.45, 7) is 4.63. The molecule has 6 nitrogen and oxygen atoms in total. The van der Waals surface area contributed by atoms with Crippen molar-refractivity contribution in [1.82, 2.24) is 4.90 Å². The summed E-state index contributed by atoms with van der Waals surface area (Å²) in [6.07, 6.45) is 1.77. The van der Waals surface area contributed by atoms with E-state index in [4.69, 9.17) is 5.73 Å². The minimum absolute atomic E-state index is 0. The van der Waals surface area contributed by atoms with Crippen molar-refractivity contribution in [2.24, 2.45) is 10.7 Å². The van der Waals surface area contributed by atoms with Gasteiger partial charge in [-0.15, -0.1) is 24.0 Å². The lowest BCUT2D eigenvalue weighted by atomic mass is 10.0. The lowest BCUT2D eigenvalue weighted by molar-refractivity contribution is 0.0659. The van der Waals surface area contributed by atoms with E-state index in [1.807, 2.05) is 6.07 Å². The summed E-state index contributed by atoms with van der Waals surface area (Å²) in [5.41, 5.74) is 10.3. The molecule has 148 valence electrons. The number of fused-ring (bicyclic) bond motifs is 1. The molecule has 1 aliphatic rings. The number of hydrogen-bond donors (Lipinski definition) is 2. The molecule has 1 heterocycles. The van der Waals surface area contributed by atoms with Gasteiger partial charge in [-0.25, -0.2) is 0 Å². The molecule has 1 aliphatic heterocycles. The predicted molar refractivity (Wildman–Crippen MR) is 123 cm³/mol. The third kappa shape index (κ3) is 4.35. The van der Waals surface area contributed by atoms with Crippen molar-refractivity contribution in [3.63, 3.8) is 0 Å². The summed E-state index contributed by atoms with van der Waals surface area (Å²) in [5.74, 6) is -0.272. The molecule has 0 aromatic heterocycles. The number of rotatable bonds is 6. The van der Waals surface area contributed by atoms with Crippen molar-refractivity contribution >= 4 is 47.4 Å². The number of aryl methyl sites for hydroxylation is 2. The highest BCUT2D eigenvalue weighted by Gasteiger charge is 2.34. The van der Waals surface area contributed by atoms with Crippen molar-refractivity contribution < 1.29 is 9.59 Å². The van der Waals surface area contributed by atoms with Crippen LogP contribution in [0.25, 0.3) is 0 Å². The summed E-state index contributed by atoms with van der Waals surface area (Å²) < 4.78 is 0. The first-order chi connectivity index (χ1) is 13.1. The van der Waals surface area contributed by atoms with Gasteiger partial charge >= 0.3 is 0 Å². The number of nitrogens with two attached hydrogens (primary N) is 1. The number of imide groups is 1. The highest BCUT2D eigenvalue weighted by Crippen LogP contribution is 2.23. The van der Waals surface area contributed by atoms with Gasteiger partial charge in [0, 0.05) is 12.2 Å². The van der Waals surface area contributed by atoms with Gasteiger partial charge in [0.1, 0.15) is 0 Å². The number of halogens is 1. The van der Waals surface area contributed by atoms with Crippen molar-refractivity contribution in [2.75, 3.05) is 18.4 Å². The van der Waals surface area contributed by atoms with Gasteiger partial charge in [0.05, 0.1) is 17.7 Å². The number of hydrogen-bond acceptors (Lipinski definition) is 3. The lowest BCUT2D eigenvalue weighted by Gasteiger charge is -2.15. The number of nitrogens with one attached hydrogen (secondary N) is 1. The molecule has 3 rings (SSSR count). The molecule has 0 atom stereocenters. The van der Waals surface area contributed by atoms with Crippen LogP contribution in [-0.2, 0) is 12.8 Å². The molecule has 0 saturated carbocycles. The third-order valence-electron chi connectivity index (χ3n) is 4.74. The summed E-state index contributed by atoms with van der Waals surface area (Å²) in [6, 6.07) is 13.0. The number of benzene rings is 2. The third-order valence-corrected chi connectivity index (χ3v) is 4.74. The number of aliphatic imine (C=N–C) groups is 1. The summed E-state index contributed by atoms with van der Waals surface area (Å²) in [5, 5.41) is 3.19. The Hall–Kier alpha value is -2.42. The molecule has 0 unspecified atom stereocenters. The Morgan fingerprint density at radius 2 is 1.50 bits per heavy atom. The van der Waals surface area contributed by atoms with Crippen LogP contribution in [0, 0.1) is 0 Å².